The van der Waals surface area contributed by atoms with Gasteiger partial charge >= 0.3 is 0 Å². The van der Waals surface area contributed by atoms with E-state index in [9.17, 15) is 4.79 Å². The van der Waals surface area contributed by atoms with Gasteiger partial charge in [-0.2, -0.15) is 0 Å². The Kier molecular flexibility index (Phi) is 3.64. The van der Waals surface area contributed by atoms with Crippen LogP contribution in [0.3, 0.4) is 0 Å². The molecule has 0 spiro atoms. The number of carbonyl (C=O) groups is 1. The maximum atomic E-state index is 12.2. The number of rotatable bonds is 5. The van der Waals surface area contributed by atoms with Crippen molar-refractivity contribution in [2.24, 2.45) is 0 Å². The minimum absolute atomic E-state index is 0.0773. The van der Waals surface area contributed by atoms with Crippen molar-refractivity contribution < 1.29 is 4.79 Å². The van der Waals surface area contributed by atoms with E-state index in [4.69, 9.17) is 0 Å². The number of hydrogen-bond acceptors (Lipinski definition) is 2. The molecule has 2 aliphatic rings. The molecule has 2 atom stereocenters. The van der Waals surface area contributed by atoms with E-state index in [-0.39, 0.29) is 6.04 Å². The minimum atomic E-state index is 0.0773. The second-order valence-electron chi connectivity index (χ2n) is 5.04. The Morgan fingerprint density at radius 2 is 2.31 bits per heavy atom. The lowest BCUT2D eigenvalue weighted by Gasteiger charge is -2.36. The predicted molar refractivity (Wildman–Crippen MR) is 65.2 cm³/mol. The lowest BCUT2D eigenvalue weighted by atomic mass is 10.0. The fourth-order valence-corrected chi connectivity index (χ4v) is 2.39. The van der Waals surface area contributed by atoms with Crippen LogP contribution in [0.15, 0.2) is 12.7 Å². The Labute approximate surface area is 97.9 Å². The Morgan fingerprint density at radius 1 is 1.56 bits per heavy atom. The molecule has 2 rings (SSSR count). The van der Waals surface area contributed by atoms with Crippen LogP contribution in [0, 0.1) is 0 Å². The number of nitrogens with zero attached hydrogens (tertiary/aromatic N) is 1. The molecule has 0 bridgehead atoms. The quantitative estimate of drug-likeness (QED) is 0.718. The lowest BCUT2D eigenvalue weighted by Crippen LogP contribution is -2.53. The maximum Gasteiger partial charge on any atom is 0.239 e. The smallest absolute Gasteiger partial charge is 0.239 e. The molecule has 0 aromatic carbocycles. The molecular weight excluding hydrogens is 200 g/mol. The van der Waals surface area contributed by atoms with Crippen LogP contribution in [0.4, 0.5) is 0 Å². The minimum Gasteiger partial charge on any atom is -0.338 e. The van der Waals surface area contributed by atoms with Crippen LogP contribution in [0.2, 0.25) is 0 Å². The highest BCUT2D eigenvalue weighted by atomic mass is 16.2. The second-order valence-corrected chi connectivity index (χ2v) is 5.04. The molecule has 0 radical (unpaired) electrons. The summed E-state index contributed by atoms with van der Waals surface area (Å²) in [6.07, 6.45) is 7.40. The van der Waals surface area contributed by atoms with Crippen molar-refractivity contribution in [3.05, 3.63) is 12.7 Å². The molecule has 2 fully saturated rings. The SMILES string of the molecule is C=CCC(C)N1CCCC(NC2CC2)C1=O. The molecule has 16 heavy (non-hydrogen) atoms. The standard InChI is InChI=1S/C13H22N2O/c1-3-5-10(2)15-9-4-6-12(13(15)16)14-11-7-8-11/h3,10-12,14H,1,4-9H2,2H3. The lowest BCUT2D eigenvalue weighted by molar-refractivity contribution is -0.138. The van der Waals surface area contributed by atoms with Gasteiger partial charge in [0.2, 0.25) is 5.91 Å². The Balaban J connectivity index is 1.92. The fourth-order valence-electron chi connectivity index (χ4n) is 2.39. The summed E-state index contributed by atoms with van der Waals surface area (Å²) >= 11 is 0. The Hall–Kier alpha value is -0.830. The van der Waals surface area contributed by atoms with E-state index in [0.717, 1.165) is 25.8 Å². The zero-order chi connectivity index (χ0) is 11.5. The van der Waals surface area contributed by atoms with Gasteiger partial charge in [-0.1, -0.05) is 6.08 Å². The topological polar surface area (TPSA) is 32.3 Å². The van der Waals surface area contributed by atoms with Gasteiger partial charge in [-0.3, -0.25) is 4.79 Å². The molecule has 3 heteroatoms. The Bertz CT molecular complexity index is 273. The molecule has 1 aliphatic carbocycles. The van der Waals surface area contributed by atoms with Gasteiger partial charge in [-0.15, -0.1) is 6.58 Å². The summed E-state index contributed by atoms with van der Waals surface area (Å²) in [6, 6.07) is 0.992. The Morgan fingerprint density at radius 3 is 2.94 bits per heavy atom. The highest BCUT2D eigenvalue weighted by Gasteiger charge is 2.34. The van der Waals surface area contributed by atoms with Crippen LogP contribution in [0.25, 0.3) is 0 Å². The van der Waals surface area contributed by atoms with E-state index in [2.05, 4.69) is 18.8 Å². The van der Waals surface area contributed by atoms with E-state index in [0.29, 0.717) is 18.0 Å². The predicted octanol–water partition coefficient (Wildman–Crippen LogP) is 1.69. The summed E-state index contributed by atoms with van der Waals surface area (Å²) in [5.41, 5.74) is 0. The summed E-state index contributed by atoms with van der Waals surface area (Å²) in [6.45, 7) is 6.77. The zero-order valence-corrected chi connectivity index (χ0v) is 10.1. The third kappa shape index (κ3) is 2.64. The zero-order valence-electron chi connectivity index (χ0n) is 10.1. The monoisotopic (exact) mass is 222 g/mol. The van der Waals surface area contributed by atoms with Crippen molar-refractivity contribution in [1.82, 2.24) is 10.2 Å². The van der Waals surface area contributed by atoms with Gasteiger partial charge in [-0.25, -0.2) is 0 Å². The molecule has 1 heterocycles. The molecule has 1 saturated carbocycles. The van der Waals surface area contributed by atoms with E-state index in [1.807, 2.05) is 11.0 Å². The molecule has 1 N–H and O–H groups in total. The van der Waals surface area contributed by atoms with Gasteiger partial charge in [0, 0.05) is 18.6 Å². The summed E-state index contributed by atoms with van der Waals surface area (Å²) in [5, 5.41) is 3.45. The number of likely N-dealkylation sites (tertiary alicyclic amines) is 1. The van der Waals surface area contributed by atoms with Crippen LogP contribution >= 0.6 is 0 Å². The molecule has 3 nitrogen and oxygen atoms in total. The van der Waals surface area contributed by atoms with Gasteiger partial charge < -0.3 is 10.2 Å². The number of nitrogens with one attached hydrogen (secondary N) is 1. The average molecular weight is 222 g/mol. The van der Waals surface area contributed by atoms with Crippen LogP contribution in [-0.2, 0) is 4.79 Å². The van der Waals surface area contributed by atoms with E-state index >= 15 is 0 Å². The first kappa shape index (κ1) is 11.6. The average Bonchev–Trinajstić information content (AvgIpc) is 3.05. The molecule has 2 unspecified atom stereocenters. The van der Waals surface area contributed by atoms with Gasteiger partial charge in [0.1, 0.15) is 0 Å². The third-order valence-electron chi connectivity index (χ3n) is 3.53. The van der Waals surface area contributed by atoms with Crippen molar-refractivity contribution in [3.63, 3.8) is 0 Å². The summed E-state index contributed by atoms with van der Waals surface area (Å²) in [7, 11) is 0. The van der Waals surface area contributed by atoms with Crippen molar-refractivity contribution in [3.8, 4) is 0 Å². The van der Waals surface area contributed by atoms with Crippen molar-refractivity contribution in [2.75, 3.05) is 6.54 Å². The van der Waals surface area contributed by atoms with Gasteiger partial charge in [0.25, 0.3) is 0 Å². The fraction of sp³-hybridized carbons (Fsp3) is 0.769. The molecular formula is C13H22N2O. The number of piperidine rings is 1. The molecule has 90 valence electrons. The first-order valence-electron chi connectivity index (χ1n) is 6.40. The van der Waals surface area contributed by atoms with Crippen LogP contribution < -0.4 is 5.32 Å². The third-order valence-corrected chi connectivity index (χ3v) is 3.53. The van der Waals surface area contributed by atoms with Crippen molar-refractivity contribution >= 4 is 5.91 Å². The summed E-state index contributed by atoms with van der Waals surface area (Å²) in [4.78, 5) is 14.3. The number of carbonyl (C=O) groups excluding carboxylic acids is 1. The largest absolute Gasteiger partial charge is 0.338 e. The molecule has 0 aromatic rings. The number of amides is 1. The normalized spacial score (nSPS) is 27.9. The number of hydrogen-bond donors (Lipinski definition) is 1. The summed E-state index contributed by atoms with van der Waals surface area (Å²) in [5.74, 6) is 0.299. The van der Waals surface area contributed by atoms with Crippen LogP contribution in [0.5, 0.6) is 0 Å². The van der Waals surface area contributed by atoms with E-state index < -0.39 is 0 Å². The van der Waals surface area contributed by atoms with Gasteiger partial charge in [0.15, 0.2) is 0 Å². The molecule has 0 aromatic heterocycles. The second kappa shape index (κ2) is 5.00. The summed E-state index contributed by atoms with van der Waals surface area (Å²) < 4.78 is 0. The molecule has 1 amide bonds. The highest BCUT2D eigenvalue weighted by Crippen LogP contribution is 2.23. The molecule has 1 aliphatic heterocycles. The van der Waals surface area contributed by atoms with Gasteiger partial charge in [0.05, 0.1) is 6.04 Å². The van der Waals surface area contributed by atoms with Gasteiger partial charge in [-0.05, 0) is 39.0 Å². The maximum absolute atomic E-state index is 12.2. The van der Waals surface area contributed by atoms with E-state index in [1.54, 1.807) is 0 Å². The molecule has 1 saturated heterocycles. The van der Waals surface area contributed by atoms with Crippen LogP contribution in [-0.4, -0.2) is 35.5 Å². The van der Waals surface area contributed by atoms with Crippen LogP contribution in [0.1, 0.15) is 39.0 Å². The van der Waals surface area contributed by atoms with Crippen molar-refractivity contribution in [1.29, 1.82) is 0 Å². The first-order chi connectivity index (χ1) is 7.72. The van der Waals surface area contributed by atoms with E-state index in [1.165, 1.54) is 12.8 Å². The first-order valence-corrected chi connectivity index (χ1v) is 6.40. The van der Waals surface area contributed by atoms with Crippen molar-refractivity contribution in [2.45, 2.75) is 57.2 Å². The highest BCUT2D eigenvalue weighted by molar-refractivity contribution is 5.83.